The number of benzene rings is 3. The van der Waals surface area contributed by atoms with Crippen molar-refractivity contribution >= 4 is 58.5 Å². The summed E-state index contributed by atoms with van der Waals surface area (Å²) in [5.41, 5.74) is 3.47. The van der Waals surface area contributed by atoms with E-state index >= 15 is 0 Å². The van der Waals surface area contributed by atoms with E-state index in [1.807, 2.05) is 63.2 Å². The molecular formula is C33H33Cl3N4O4S. The third-order valence-electron chi connectivity index (χ3n) is 7.12. The summed E-state index contributed by atoms with van der Waals surface area (Å²) in [6.45, 7) is 6.65. The van der Waals surface area contributed by atoms with E-state index in [0.717, 1.165) is 24.0 Å². The predicted octanol–water partition coefficient (Wildman–Crippen LogP) is 9.14. The van der Waals surface area contributed by atoms with Gasteiger partial charge in [0.2, 0.25) is 11.1 Å². The fraction of sp³-hybridized carbons (Fsp3) is 0.303. The number of nitrogens with zero attached hydrogens (tertiary/aromatic N) is 3. The monoisotopic (exact) mass is 686 g/mol. The van der Waals surface area contributed by atoms with Gasteiger partial charge in [0.1, 0.15) is 12.6 Å². The van der Waals surface area contributed by atoms with Crippen molar-refractivity contribution in [2.45, 2.75) is 57.2 Å². The highest BCUT2D eigenvalue weighted by atomic mass is 35.5. The van der Waals surface area contributed by atoms with Gasteiger partial charge in [-0.25, -0.2) is 9.48 Å². The molecule has 1 aliphatic heterocycles. The number of hydrogen-bond acceptors (Lipinski definition) is 8. The fourth-order valence-corrected chi connectivity index (χ4v) is 6.43. The van der Waals surface area contributed by atoms with Gasteiger partial charge in [0.25, 0.3) is 0 Å². The van der Waals surface area contributed by atoms with Gasteiger partial charge in [0.05, 0.1) is 18.8 Å². The van der Waals surface area contributed by atoms with Crippen LogP contribution in [0.15, 0.2) is 77.1 Å². The number of carbonyl (C=O) groups is 1. The minimum Gasteiger partial charge on any atom is -0.490 e. The van der Waals surface area contributed by atoms with E-state index in [9.17, 15) is 4.79 Å². The van der Waals surface area contributed by atoms with Gasteiger partial charge in [0, 0.05) is 32.1 Å². The van der Waals surface area contributed by atoms with Gasteiger partial charge in [-0.3, -0.25) is 0 Å². The van der Waals surface area contributed by atoms with Crippen molar-refractivity contribution in [3.8, 4) is 11.5 Å². The molecule has 0 saturated heterocycles. The van der Waals surface area contributed by atoms with E-state index in [4.69, 9.17) is 59.1 Å². The maximum absolute atomic E-state index is 13.6. The fourth-order valence-electron chi connectivity index (χ4n) is 4.81. The highest BCUT2D eigenvalue weighted by Gasteiger charge is 2.36. The second-order valence-corrected chi connectivity index (χ2v) is 12.4. The summed E-state index contributed by atoms with van der Waals surface area (Å²) < 4.78 is 19.6. The summed E-state index contributed by atoms with van der Waals surface area (Å²) in [6, 6.07) is 17.9. The zero-order valence-electron chi connectivity index (χ0n) is 25.1. The molecule has 236 valence electrons. The van der Waals surface area contributed by atoms with Crippen LogP contribution in [0.1, 0.15) is 56.3 Å². The number of fused-ring (bicyclic) bond motifs is 1. The summed E-state index contributed by atoms with van der Waals surface area (Å²) in [6.07, 6.45) is 1.67. The number of esters is 1. The number of rotatable bonds is 13. The molecule has 0 aliphatic carbocycles. The van der Waals surface area contributed by atoms with E-state index in [1.165, 1.54) is 11.8 Å². The van der Waals surface area contributed by atoms with Crippen molar-refractivity contribution in [1.82, 2.24) is 14.8 Å². The van der Waals surface area contributed by atoms with Crippen LogP contribution < -0.4 is 14.8 Å². The molecule has 1 aliphatic rings. The average molecular weight is 688 g/mol. The summed E-state index contributed by atoms with van der Waals surface area (Å²) in [5.74, 6) is 1.69. The topological polar surface area (TPSA) is 87.5 Å². The van der Waals surface area contributed by atoms with Gasteiger partial charge in [0.15, 0.2) is 11.5 Å². The highest BCUT2D eigenvalue weighted by Crippen LogP contribution is 2.41. The van der Waals surface area contributed by atoms with Crippen molar-refractivity contribution < 1.29 is 19.0 Å². The normalized spacial score (nSPS) is 14.1. The Kier molecular flexibility index (Phi) is 11.2. The molecule has 4 aromatic rings. The molecule has 3 aromatic carbocycles. The van der Waals surface area contributed by atoms with Gasteiger partial charge < -0.3 is 19.5 Å². The van der Waals surface area contributed by atoms with Gasteiger partial charge in [-0.15, -0.1) is 5.10 Å². The molecule has 12 heteroatoms. The Morgan fingerprint density at radius 2 is 1.73 bits per heavy atom. The zero-order chi connectivity index (χ0) is 31.9. The summed E-state index contributed by atoms with van der Waals surface area (Å²) in [4.78, 5) is 18.3. The van der Waals surface area contributed by atoms with Crippen LogP contribution in [0.5, 0.6) is 11.5 Å². The van der Waals surface area contributed by atoms with E-state index < -0.39 is 12.0 Å². The Morgan fingerprint density at radius 1 is 0.978 bits per heavy atom. The molecule has 1 unspecified atom stereocenters. The van der Waals surface area contributed by atoms with E-state index in [1.54, 1.807) is 22.9 Å². The van der Waals surface area contributed by atoms with Crippen LogP contribution in [0, 0.1) is 0 Å². The third-order valence-corrected chi connectivity index (χ3v) is 9.08. The molecule has 1 aromatic heterocycles. The largest absolute Gasteiger partial charge is 0.490 e. The first-order chi connectivity index (χ1) is 21.8. The van der Waals surface area contributed by atoms with Crippen LogP contribution in [0.25, 0.3) is 0 Å². The standard InChI is InChI=1S/C33H33Cl3N4O4S/c1-4-6-16-43-31(41)29-20(3)37-32-38-33(45-19-22-10-7-8-11-24(22)34)39-40(32)30(29)21-14-15-27(28(17-21)42-5-2)44-18-23-25(35)12-9-13-26(23)36/h7-15,17,30H,4-6,16,18-19H2,1-3H3,(H,37,38,39). The molecule has 0 bridgehead atoms. The van der Waals surface area contributed by atoms with Crippen LogP contribution in [-0.4, -0.2) is 33.9 Å². The molecule has 8 nitrogen and oxygen atoms in total. The summed E-state index contributed by atoms with van der Waals surface area (Å²) >= 11 is 20.6. The SMILES string of the molecule is CCCCOC(=O)C1=C(C)Nc2nc(SCc3ccccc3Cl)nn2C1c1ccc(OCc2c(Cl)cccc2Cl)c(OCC)c1. The first-order valence-electron chi connectivity index (χ1n) is 14.6. The minimum atomic E-state index is -0.635. The van der Waals surface area contributed by atoms with Gasteiger partial charge in [-0.05, 0) is 61.7 Å². The molecule has 45 heavy (non-hydrogen) atoms. The zero-order valence-corrected chi connectivity index (χ0v) is 28.2. The molecule has 1 N–H and O–H groups in total. The number of thioether (sulfide) groups is 1. The number of allylic oxidation sites excluding steroid dienone is 1. The van der Waals surface area contributed by atoms with Crippen LogP contribution >= 0.6 is 46.6 Å². The lowest BCUT2D eigenvalue weighted by molar-refractivity contribution is -0.139. The first-order valence-corrected chi connectivity index (χ1v) is 16.7. The molecule has 5 rings (SSSR count). The number of halogens is 3. The molecule has 0 fully saturated rings. The smallest absolute Gasteiger partial charge is 0.338 e. The predicted molar refractivity (Wildman–Crippen MR) is 180 cm³/mol. The number of aromatic nitrogens is 3. The summed E-state index contributed by atoms with van der Waals surface area (Å²) in [7, 11) is 0. The molecule has 0 spiro atoms. The average Bonchev–Trinajstić information content (AvgIpc) is 3.42. The van der Waals surface area contributed by atoms with Crippen LogP contribution in [0.3, 0.4) is 0 Å². The first kappa shape index (κ1) is 33.0. The van der Waals surface area contributed by atoms with Crippen LogP contribution in [0.2, 0.25) is 15.1 Å². The maximum Gasteiger partial charge on any atom is 0.338 e. The molecule has 0 amide bonds. The van der Waals surface area contributed by atoms with E-state index in [-0.39, 0.29) is 6.61 Å². The molecule has 2 heterocycles. The number of ether oxygens (including phenoxy) is 3. The Balaban J connectivity index is 1.49. The lowest BCUT2D eigenvalue weighted by atomic mass is 9.95. The number of carbonyl (C=O) groups excluding carboxylic acids is 1. The van der Waals surface area contributed by atoms with Crippen molar-refractivity contribution in [2.24, 2.45) is 0 Å². The van der Waals surface area contributed by atoms with E-state index in [2.05, 4.69) is 5.32 Å². The quantitative estimate of drug-likeness (QED) is 0.0846. The molecule has 0 radical (unpaired) electrons. The van der Waals surface area contributed by atoms with Crippen molar-refractivity contribution in [1.29, 1.82) is 0 Å². The van der Waals surface area contributed by atoms with Gasteiger partial charge >= 0.3 is 5.97 Å². The van der Waals surface area contributed by atoms with Crippen molar-refractivity contribution in [3.05, 3.63) is 104 Å². The minimum absolute atomic E-state index is 0.151. The lowest BCUT2D eigenvalue weighted by Crippen LogP contribution is -2.30. The van der Waals surface area contributed by atoms with Gasteiger partial charge in [-0.2, -0.15) is 4.98 Å². The highest BCUT2D eigenvalue weighted by molar-refractivity contribution is 7.98. The molecule has 1 atom stereocenters. The van der Waals surface area contributed by atoms with Gasteiger partial charge in [-0.1, -0.05) is 90.2 Å². The summed E-state index contributed by atoms with van der Waals surface area (Å²) in [5, 5.41) is 10.3. The number of unbranched alkanes of at least 4 members (excludes halogenated alkanes) is 1. The van der Waals surface area contributed by atoms with Crippen molar-refractivity contribution in [2.75, 3.05) is 18.5 Å². The third kappa shape index (κ3) is 7.72. The Morgan fingerprint density at radius 3 is 2.47 bits per heavy atom. The van der Waals surface area contributed by atoms with E-state index in [0.29, 0.717) is 73.5 Å². The number of nitrogens with one attached hydrogen (secondary N) is 1. The lowest BCUT2D eigenvalue weighted by Gasteiger charge is -2.28. The Labute approximate surface area is 282 Å². The molecular weight excluding hydrogens is 655 g/mol. The number of hydrogen-bond donors (Lipinski definition) is 1. The van der Waals surface area contributed by atoms with Crippen molar-refractivity contribution in [3.63, 3.8) is 0 Å². The Hall–Kier alpha value is -3.37. The Bertz CT molecular complexity index is 1690. The van der Waals surface area contributed by atoms with Crippen LogP contribution in [0.4, 0.5) is 5.95 Å². The molecule has 0 saturated carbocycles. The van der Waals surface area contributed by atoms with Crippen LogP contribution in [-0.2, 0) is 21.9 Å². The second-order valence-electron chi connectivity index (χ2n) is 10.2. The second kappa shape index (κ2) is 15.3. The maximum atomic E-state index is 13.6. The number of anilines is 1.